The lowest BCUT2D eigenvalue weighted by molar-refractivity contribution is -0.138. The zero-order chi connectivity index (χ0) is 15.8. The highest BCUT2D eigenvalue weighted by atomic mass is 19.1. The van der Waals surface area contributed by atoms with Gasteiger partial charge in [0.25, 0.3) is 0 Å². The van der Waals surface area contributed by atoms with Gasteiger partial charge in [0.15, 0.2) is 11.5 Å². The number of carbonyl (C=O) groups excluding carboxylic acids is 1. The summed E-state index contributed by atoms with van der Waals surface area (Å²) in [4.78, 5) is 12.6. The lowest BCUT2D eigenvalue weighted by Gasteiger charge is -2.56. The molecule has 0 saturated heterocycles. The van der Waals surface area contributed by atoms with Crippen LogP contribution in [0.2, 0.25) is 0 Å². The maximum absolute atomic E-state index is 14.8. The van der Waals surface area contributed by atoms with Gasteiger partial charge in [-0.05, 0) is 75.0 Å². The Bertz CT molecular complexity index is 548. The normalized spacial score (nSPS) is 54.3. The van der Waals surface area contributed by atoms with E-state index >= 15 is 0 Å². The van der Waals surface area contributed by atoms with Crippen LogP contribution in [0.15, 0.2) is 11.6 Å². The Balaban J connectivity index is 1.73. The third-order valence-electron chi connectivity index (χ3n) is 8.00. The topological polar surface area (TPSA) is 17.1 Å². The van der Waals surface area contributed by atoms with E-state index in [0.717, 1.165) is 19.3 Å². The van der Waals surface area contributed by atoms with Gasteiger partial charge in [0.1, 0.15) is 0 Å². The Morgan fingerprint density at radius 2 is 1.86 bits per heavy atom. The Kier molecular flexibility index (Phi) is 3.02. The molecule has 3 fully saturated rings. The van der Waals surface area contributed by atoms with Crippen LogP contribution in [0.4, 0.5) is 4.39 Å². The molecule has 3 saturated carbocycles. The SMILES string of the molecule is C[C@]1(F)C[C@H]2[C@@H]3CC=C4CCCC[C@]4(C)[C@H]3CC[C@]2(C)C1=O. The first kappa shape index (κ1) is 14.9. The fourth-order valence-electron chi connectivity index (χ4n) is 6.78. The Labute approximate surface area is 133 Å². The maximum Gasteiger partial charge on any atom is 0.175 e. The van der Waals surface area contributed by atoms with E-state index in [1.165, 1.54) is 32.6 Å². The van der Waals surface area contributed by atoms with E-state index in [1.807, 2.05) is 0 Å². The fraction of sp³-hybridized carbons (Fsp3) is 0.850. The van der Waals surface area contributed by atoms with Crippen LogP contribution in [0.25, 0.3) is 0 Å². The van der Waals surface area contributed by atoms with E-state index < -0.39 is 11.1 Å². The van der Waals surface area contributed by atoms with Crippen LogP contribution in [0.3, 0.4) is 0 Å². The van der Waals surface area contributed by atoms with Crippen molar-refractivity contribution in [3.8, 4) is 0 Å². The van der Waals surface area contributed by atoms with Crippen LogP contribution in [0, 0.1) is 28.6 Å². The van der Waals surface area contributed by atoms with E-state index in [2.05, 4.69) is 19.9 Å². The molecule has 0 radical (unpaired) electrons. The van der Waals surface area contributed by atoms with Crippen molar-refractivity contribution in [2.75, 3.05) is 0 Å². The van der Waals surface area contributed by atoms with E-state index in [1.54, 1.807) is 5.57 Å². The Morgan fingerprint density at radius 3 is 2.64 bits per heavy atom. The molecule has 0 N–H and O–H groups in total. The molecular weight excluding hydrogens is 275 g/mol. The minimum absolute atomic E-state index is 0.105. The van der Waals surface area contributed by atoms with Crippen LogP contribution >= 0.6 is 0 Å². The molecule has 6 atom stereocenters. The van der Waals surface area contributed by atoms with E-state index in [4.69, 9.17) is 0 Å². The second-order valence-corrected chi connectivity index (χ2v) is 9.15. The molecule has 0 aromatic heterocycles. The van der Waals surface area contributed by atoms with Crippen LogP contribution in [0.5, 0.6) is 0 Å². The monoisotopic (exact) mass is 304 g/mol. The number of hydrogen-bond acceptors (Lipinski definition) is 1. The molecule has 0 bridgehead atoms. The zero-order valence-electron chi connectivity index (χ0n) is 14.3. The predicted octanol–water partition coefficient (Wildman–Crippen LogP) is 5.25. The lowest BCUT2D eigenvalue weighted by atomic mass is 9.48. The summed E-state index contributed by atoms with van der Waals surface area (Å²) in [6, 6.07) is 0. The summed E-state index contributed by atoms with van der Waals surface area (Å²) in [7, 11) is 0. The van der Waals surface area contributed by atoms with Crippen molar-refractivity contribution in [1.82, 2.24) is 0 Å². The molecule has 4 aliphatic rings. The number of alkyl halides is 1. The molecule has 1 nitrogen and oxygen atoms in total. The van der Waals surface area contributed by atoms with Gasteiger partial charge < -0.3 is 0 Å². The van der Waals surface area contributed by atoms with Crippen LogP contribution in [-0.2, 0) is 4.79 Å². The first-order valence-electron chi connectivity index (χ1n) is 9.22. The summed E-state index contributed by atoms with van der Waals surface area (Å²) in [5.41, 5.74) is 0.0177. The number of halogens is 1. The van der Waals surface area contributed by atoms with Gasteiger partial charge in [0, 0.05) is 5.41 Å². The number of carbonyl (C=O) groups is 1. The Hall–Kier alpha value is -0.660. The molecule has 0 heterocycles. The van der Waals surface area contributed by atoms with Crippen LogP contribution in [0.1, 0.15) is 72.1 Å². The van der Waals surface area contributed by atoms with Gasteiger partial charge in [0.05, 0.1) is 0 Å². The number of Topliss-reactive ketones (excluding diaryl/α,β-unsaturated/α-hetero) is 1. The van der Waals surface area contributed by atoms with E-state index in [0.29, 0.717) is 23.7 Å². The minimum Gasteiger partial charge on any atom is -0.295 e. The number of ketones is 1. The Morgan fingerprint density at radius 1 is 1.09 bits per heavy atom. The van der Waals surface area contributed by atoms with Crippen molar-refractivity contribution in [3.63, 3.8) is 0 Å². The smallest absolute Gasteiger partial charge is 0.175 e. The summed E-state index contributed by atoms with van der Waals surface area (Å²) in [6.07, 6.45) is 11.3. The van der Waals surface area contributed by atoms with Crippen molar-refractivity contribution >= 4 is 5.78 Å². The summed E-state index contributed by atoms with van der Waals surface area (Å²) >= 11 is 0. The zero-order valence-corrected chi connectivity index (χ0v) is 14.3. The van der Waals surface area contributed by atoms with Gasteiger partial charge in [0.2, 0.25) is 0 Å². The van der Waals surface area contributed by atoms with E-state index in [9.17, 15) is 9.18 Å². The summed E-state index contributed by atoms with van der Waals surface area (Å²) in [5.74, 6) is 1.34. The van der Waals surface area contributed by atoms with Gasteiger partial charge in [-0.2, -0.15) is 0 Å². The molecule has 2 heteroatoms. The third kappa shape index (κ3) is 1.73. The largest absolute Gasteiger partial charge is 0.295 e. The second-order valence-electron chi connectivity index (χ2n) is 9.15. The summed E-state index contributed by atoms with van der Waals surface area (Å²) < 4.78 is 14.8. The molecule has 0 aromatic carbocycles. The molecular formula is C20H29FO. The molecule has 4 rings (SSSR count). The number of rotatable bonds is 0. The highest BCUT2D eigenvalue weighted by Crippen LogP contribution is 2.65. The van der Waals surface area contributed by atoms with Crippen molar-refractivity contribution in [1.29, 1.82) is 0 Å². The average molecular weight is 304 g/mol. The standard InChI is InChI=1S/C20H29FO/c1-18-10-5-4-6-13(18)7-8-14-15(18)9-11-19(2)16(14)12-20(3,21)17(19)22/h7,14-16H,4-6,8-12H2,1-3H3/t14-,15+,16+,18+,19+,20+/m1/s1. The maximum atomic E-state index is 14.8. The molecule has 0 spiro atoms. The first-order valence-corrected chi connectivity index (χ1v) is 9.22. The number of allylic oxidation sites excluding steroid dienone is 2. The van der Waals surface area contributed by atoms with Gasteiger partial charge >= 0.3 is 0 Å². The molecule has 0 unspecified atom stereocenters. The summed E-state index contributed by atoms with van der Waals surface area (Å²) in [5, 5.41) is 0. The molecule has 22 heavy (non-hydrogen) atoms. The third-order valence-corrected chi connectivity index (χ3v) is 8.00. The van der Waals surface area contributed by atoms with Crippen molar-refractivity contribution in [3.05, 3.63) is 11.6 Å². The molecule has 0 aliphatic heterocycles. The molecule has 0 amide bonds. The molecule has 0 aromatic rings. The fourth-order valence-corrected chi connectivity index (χ4v) is 6.78. The lowest BCUT2D eigenvalue weighted by Crippen LogP contribution is -2.49. The minimum atomic E-state index is -1.59. The van der Waals surface area contributed by atoms with Gasteiger partial charge in [-0.15, -0.1) is 0 Å². The predicted molar refractivity (Wildman–Crippen MR) is 86.2 cm³/mol. The van der Waals surface area contributed by atoms with E-state index in [-0.39, 0.29) is 11.7 Å². The van der Waals surface area contributed by atoms with Crippen molar-refractivity contribution < 1.29 is 9.18 Å². The van der Waals surface area contributed by atoms with Crippen LogP contribution in [-0.4, -0.2) is 11.5 Å². The second kappa shape index (κ2) is 4.45. The van der Waals surface area contributed by atoms with Gasteiger partial charge in [-0.1, -0.05) is 31.9 Å². The van der Waals surface area contributed by atoms with Crippen molar-refractivity contribution in [2.45, 2.75) is 77.8 Å². The van der Waals surface area contributed by atoms with Gasteiger partial charge in [-0.25, -0.2) is 4.39 Å². The summed E-state index contributed by atoms with van der Waals surface area (Å²) in [6.45, 7) is 6.05. The molecule has 122 valence electrons. The highest BCUT2D eigenvalue weighted by Gasteiger charge is 2.64. The number of hydrogen-bond donors (Lipinski definition) is 0. The highest BCUT2D eigenvalue weighted by molar-refractivity contribution is 5.94. The van der Waals surface area contributed by atoms with Gasteiger partial charge in [-0.3, -0.25) is 4.79 Å². The molecule has 4 aliphatic carbocycles. The first-order chi connectivity index (χ1) is 10.3. The quantitative estimate of drug-likeness (QED) is 0.559. The van der Waals surface area contributed by atoms with Crippen molar-refractivity contribution in [2.24, 2.45) is 28.6 Å². The number of fused-ring (bicyclic) bond motifs is 5. The van der Waals surface area contributed by atoms with Crippen LogP contribution < -0.4 is 0 Å². The average Bonchev–Trinajstić information content (AvgIpc) is 2.66.